The minimum atomic E-state index is -0.789. The highest BCUT2D eigenvalue weighted by atomic mass is 16.4. The Bertz CT molecular complexity index is 690. The highest BCUT2D eigenvalue weighted by Crippen LogP contribution is 2.48. The van der Waals surface area contributed by atoms with Crippen molar-refractivity contribution in [3.8, 4) is 0 Å². The fourth-order valence-electron chi connectivity index (χ4n) is 4.35. The lowest BCUT2D eigenvalue weighted by Crippen LogP contribution is -2.43. The Labute approximate surface area is 153 Å². The van der Waals surface area contributed by atoms with E-state index in [2.05, 4.69) is 0 Å². The van der Waals surface area contributed by atoms with Gasteiger partial charge in [-0.3, -0.25) is 14.4 Å². The number of hydrogen-bond donors (Lipinski definition) is 1. The second-order valence-electron chi connectivity index (χ2n) is 7.50. The minimum absolute atomic E-state index is 0.0184. The third-order valence-electron chi connectivity index (χ3n) is 5.93. The van der Waals surface area contributed by atoms with Crippen molar-refractivity contribution in [1.82, 2.24) is 9.80 Å². The van der Waals surface area contributed by atoms with E-state index in [-0.39, 0.29) is 30.8 Å². The van der Waals surface area contributed by atoms with Gasteiger partial charge in [-0.05, 0) is 30.7 Å². The highest BCUT2D eigenvalue weighted by Gasteiger charge is 2.55. The first-order chi connectivity index (χ1) is 12.4. The summed E-state index contributed by atoms with van der Waals surface area (Å²) in [5.74, 6) is -1.04. The van der Waals surface area contributed by atoms with Crippen molar-refractivity contribution in [2.75, 3.05) is 26.2 Å². The lowest BCUT2D eigenvalue weighted by atomic mass is 9.81. The average molecular weight is 358 g/mol. The topological polar surface area (TPSA) is 77.9 Å². The van der Waals surface area contributed by atoms with Gasteiger partial charge in [0.2, 0.25) is 11.8 Å². The zero-order valence-corrected chi connectivity index (χ0v) is 15.2. The summed E-state index contributed by atoms with van der Waals surface area (Å²) < 4.78 is 0. The Morgan fingerprint density at radius 3 is 2.62 bits per heavy atom. The van der Waals surface area contributed by atoms with E-state index < -0.39 is 11.4 Å². The van der Waals surface area contributed by atoms with Gasteiger partial charge in [0.25, 0.3) is 0 Å². The van der Waals surface area contributed by atoms with Crippen LogP contribution in [0.15, 0.2) is 30.3 Å². The molecule has 6 heteroatoms. The molecule has 1 heterocycles. The molecule has 1 aliphatic carbocycles. The maximum Gasteiger partial charge on any atom is 0.311 e. The lowest BCUT2D eigenvalue weighted by Gasteiger charge is -2.26. The largest absolute Gasteiger partial charge is 0.481 e. The molecule has 0 spiro atoms. The van der Waals surface area contributed by atoms with E-state index in [0.717, 1.165) is 18.4 Å². The van der Waals surface area contributed by atoms with E-state index in [0.29, 0.717) is 25.9 Å². The molecule has 1 saturated heterocycles. The van der Waals surface area contributed by atoms with Crippen molar-refractivity contribution >= 4 is 17.8 Å². The SMILES string of the molecule is CC(=O)N(CCc1ccccc1)CC(=O)N1C[C@@H]2CCC[C@@]2(C(=O)O)C1. The Morgan fingerprint density at radius 1 is 1.27 bits per heavy atom. The summed E-state index contributed by atoms with van der Waals surface area (Å²) in [4.78, 5) is 39.6. The van der Waals surface area contributed by atoms with Crippen LogP contribution in [-0.4, -0.2) is 58.9 Å². The van der Waals surface area contributed by atoms with Gasteiger partial charge >= 0.3 is 5.97 Å². The molecule has 2 aliphatic rings. The van der Waals surface area contributed by atoms with Gasteiger partial charge in [0, 0.05) is 26.6 Å². The van der Waals surface area contributed by atoms with Gasteiger partial charge in [-0.25, -0.2) is 0 Å². The molecule has 1 aromatic carbocycles. The first-order valence-corrected chi connectivity index (χ1v) is 9.23. The first-order valence-electron chi connectivity index (χ1n) is 9.23. The Balaban J connectivity index is 1.60. The third-order valence-corrected chi connectivity index (χ3v) is 5.93. The average Bonchev–Trinajstić information content (AvgIpc) is 3.17. The van der Waals surface area contributed by atoms with Gasteiger partial charge in [0.1, 0.15) is 0 Å². The predicted molar refractivity (Wildman–Crippen MR) is 96.4 cm³/mol. The number of nitrogens with zero attached hydrogens (tertiary/aromatic N) is 2. The van der Waals surface area contributed by atoms with Crippen molar-refractivity contribution < 1.29 is 19.5 Å². The van der Waals surface area contributed by atoms with Gasteiger partial charge in [0.05, 0.1) is 12.0 Å². The van der Waals surface area contributed by atoms with Crippen LogP contribution in [0.3, 0.4) is 0 Å². The normalized spacial score (nSPS) is 24.3. The number of carbonyl (C=O) groups is 3. The molecular weight excluding hydrogens is 332 g/mol. The van der Waals surface area contributed by atoms with E-state index in [9.17, 15) is 19.5 Å². The van der Waals surface area contributed by atoms with E-state index in [4.69, 9.17) is 0 Å². The van der Waals surface area contributed by atoms with Crippen molar-refractivity contribution in [3.05, 3.63) is 35.9 Å². The summed E-state index contributed by atoms with van der Waals surface area (Å²) >= 11 is 0. The molecule has 0 unspecified atom stereocenters. The number of amides is 2. The van der Waals surface area contributed by atoms with Crippen LogP contribution in [0.1, 0.15) is 31.7 Å². The summed E-state index contributed by atoms with van der Waals surface area (Å²) in [6.45, 7) is 2.73. The molecule has 0 radical (unpaired) electrons. The predicted octanol–water partition coefficient (Wildman–Crippen LogP) is 1.79. The fraction of sp³-hybridized carbons (Fsp3) is 0.550. The van der Waals surface area contributed by atoms with Crippen molar-refractivity contribution in [2.24, 2.45) is 11.3 Å². The molecule has 1 N–H and O–H groups in total. The lowest BCUT2D eigenvalue weighted by molar-refractivity contribution is -0.150. The van der Waals surface area contributed by atoms with Crippen LogP contribution < -0.4 is 0 Å². The number of carbonyl (C=O) groups excluding carboxylic acids is 2. The molecule has 6 nitrogen and oxygen atoms in total. The zero-order valence-electron chi connectivity index (χ0n) is 15.2. The molecule has 26 heavy (non-hydrogen) atoms. The molecule has 0 bridgehead atoms. The molecule has 0 aromatic heterocycles. The van der Waals surface area contributed by atoms with E-state index in [1.165, 1.54) is 6.92 Å². The Kier molecular flexibility index (Phi) is 5.30. The smallest absolute Gasteiger partial charge is 0.311 e. The Hall–Kier alpha value is -2.37. The molecule has 2 fully saturated rings. The summed E-state index contributed by atoms with van der Waals surface area (Å²) in [7, 11) is 0. The standard InChI is InChI=1S/C20H26N2O4/c1-15(23)21(11-9-16-6-3-2-4-7-16)13-18(24)22-12-17-8-5-10-20(17,14-22)19(25)26/h2-4,6-7,17H,5,8-14H2,1H3,(H,25,26)/t17-,20+/m0/s1. The molecule has 1 saturated carbocycles. The summed E-state index contributed by atoms with van der Waals surface area (Å²) in [6, 6.07) is 9.84. The maximum absolute atomic E-state index is 12.7. The van der Waals surface area contributed by atoms with Gasteiger partial charge in [0.15, 0.2) is 0 Å². The molecule has 1 aromatic rings. The quantitative estimate of drug-likeness (QED) is 0.841. The Morgan fingerprint density at radius 2 is 2.00 bits per heavy atom. The van der Waals surface area contributed by atoms with Crippen LogP contribution in [0, 0.1) is 11.3 Å². The second-order valence-corrected chi connectivity index (χ2v) is 7.50. The van der Waals surface area contributed by atoms with Crippen LogP contribution in [0.5, 0.6) is 0 Å². The van der Waals surface area contributed by atoms with Crippen LogP contribution in [0.2, 0.25) is 0 Å². The number of aliphatic carboxylic acids is 1. The number of carboxylic acids is 1. The number of rotatable bonds is 6. The van der Waals surface area contributed by atoms with Crippen molar-refractivity contribution in [1.29, 1.82) is 0 Å². The van der Waals surface area contributed by atoms with Crippen molar-refractivity contribution in [2.45, 2.75) is 32.6 Å². The number of fused-ring (bicyclic) bond motifs is 1. The minimum Gasteiger partial charge on any atom is -0.481 e. The number of hydrogen-bond acceptors (Lipinski definition) is 3. The molecular formula is C20H26N2O4. The monoisotopic (exact) mass is 358 g/mol. The van der Waals surface area contributed by atoms with Crippen LogP contribution >= 0.6 is 0 Å². The van der Waals surface area contributed by atoms with Gasteiger partial charge in [-0.2, -0.15) is 0 Å². The van der Waals surface area contributed by atoms with Crippen LogP contribution in [0.25, 0.3) is 0 Å². The fourth-order valence-corrected chi connectivity index (χ4v) is 4.35. The molecule has 140 valence electrons. The van der Waals surface area contributed by atoms with E-state index in [1.54, 1.807) is 9.80 Å². The van der Waals surface area contributed by atoms with Gasteiger partial charge in [-0.15, -0.1) is 0 Å². The number of likely N-dealkylation sites (tertiary alicyclic amines) is 1. The second kappa shape index (κ2) is 7.48. The summed E-state index contributed by atoms with van der Waals surface area (Å²) in [5, 5.41) is 9.65. The van der Waals surface area contributed by atoms with Crippen LogP contribution in [-0.2, 0) is 20.8 Å². The summed E-state index contributed by atoms with van der Waals surface area (Å²) in [6.07, 6.45) is 3.10. The first kappa shape index (κ1) is 18.4. The highest BCUT2D eigenvalue weighted by molar-refractivity contribution is 5.85. The maximum atomic E-state index is 12.7. The van der Waals surface area contributed by atoms with Gasteiger partial charge < -0.3 is 14.9 Å². The molecule has 2 atom stereocenters. The summed E-state index contributed by atoms with van der Waals surface area (Å²) in [5.41, 5.74) is 0.340. The third kappa shape index (κ3) is 3.59. The molecule has 3 rings (SSSR count). The van der Waals surface area contributed by atoms with Crippen LogP contribution in [0.4, 0.5) is 0 Å². The zero-order chi connectivity index (χ0) is 18.7. The van der Waals surface area contributed by atoms with Gasteiger partial charge in [-0.1, -0.05) is 36.8 Å². The van der Waals surface area contributed by atoms with E-state index in [1.807, 2.05) is 30.3 Å². The number of benzene rings is 1. The molecule has 2 amide bonds. The molecule has 1 aliphatic heterocycles. The van der Waals surface area contributed by atoms with E-state index >= 15 is 0 Å². The number of carboxylic acid groups (broad SMARTS) is 1. The van der Waals surface area contributed by atoms with Crippen molar-refractivity contribution in [3.63, 3.8) is 0 Å².